The summed E-state index contributed by atoms with van der Waals surface area (Å²) in [6, 6.07) is 0. The summed E-state index contributed by atoms with van der Waals surface area (Å²) in [5, 5.41) is 0. The van der Waals surface area contributed by atoms with Gasteiger partial charge in [0.1, 0.15) is 18.6 Å². The van der Waals surface area contributed by atoms with Crippen LogP contribution in [0.1, 0.15) is 17.4 Å². The Morgan fingerprint density at radius 3 is 2.57 bits per heavy atom. The lowest BCUT2D eigenvalue weighted by atomic mass is 10.3. The number of halogens is 3. The quantitative estimate of drug-likeness (QED) is 0.594. The highest BCUT2D eigenvalue weighted by Gasteiger charge is 2.30. The van der Waals surface area contributed by atoms with Gasteiger partial charge in [0, 0.05) is 26.6 Å². The first-order valence-electron chi connectivity index (χ1n) is 9.49. The molecule has 0 atom stereocenters. The molecular formula is C18H22F3N7O2. The number of hydrogen-bond acceptors (Lipinski definition) is 8. The molecule has 30 heavy (non-hydrogen) atoms. The number of aryl methyl sites for hydroxylation is 1. The van der Waals surface area contributed by atoms with Gasteiger partial charge >= 0.3 is 6.18 Å². The average Bonchev–Trinajstić information content (AvgIpc) is 3.26. The van der Waals surface area contributed by atoms with Crippen molar-refractivity contribution in [2.75, 3.05) is 38.3 Å². The summed E-state index contributed by atoms with van der Waals surface area (Å²) < 4.78 is 50.7. The molecule has 162 valence electrons. The molecule has 0 N–H and O–H groups in total. The van der Waals surface area contributed by atoms with Crippen LogP contribution in [0.4, 0.5) is 19.0 Å². The Bertz CT molecular complexity index is 1010. The molecule has 1 fully saturated rings. The van der Waals surface area contributed by atoms with Gasteiger partial charge in [0.25, 0.3) is 0 Å². The molecule has 0 spiro atoms. The van der Waals surface area contributed by atoms with Gasteiger partial charge in [-0.3, -0.25) is 4.90 Å². The number of fused-ring (bicyclic) bond motifs is 1. The van der Waals surface area contributed by atoms with Gasteiger partial charge in [0.2, 0.25) is 0 Å². The Kier molecular flexibility index (Phi) is 5.60. The summed E-state index contributed by atoms with van der Waals surface area (Å²) >= 11 is 0. The van der Waals surface area contributed by atoms with Crippen LogP contribution in [-0.4, -0.2) is 68.9 Å². The Hall–Kier alpha value is -2.73. The topological polar surface area (TPSA) is 85.3 Å². The third kappa shape index (κ3) is 4.70. The number of alkyl halides is 3. The van der Waals surface area contributed by atoms with E-state index in [1.54, 1.807) is 13.2 Å². The molecule has 0 saturated carbocycles. The molecule has 1 aliphatic heterocycles. The highest BCUT2D eigenvalue weighted by molar-refractivity contribution is 5.83. The number of anilines is 1. The van der Waals surface area contributed by atoms with Crippen molar-refractivity contribution in [3.63, 3.8) is 0 Å². The molecule has 1 saturated heterocycles. The van der Waals surface area contributed by atoms with Gasteiger partial charge in [0.15, 0.2) is 22.9 Å². The third-order valence-corrected chi connectivity index (χ3v) is 4.66. The van der Waals surface area contributed by atoms with Crippen molar-refractivity contribution >= 4 is 17.0 Å². The van der Waals surface area contributed by atoms with Gasteiger partial charge in [-0.15, -0.1) is 0 Å². The molecule has 1 aliphatic rings. The second kappa shape index (κ2) is 8.19. The van der Waals surface area contributed by atoms with Crippen LogP contribution in [0.25, 0.3) is 11.2 Å². The number of rotatable bonds is 6. The molecule has 0 bridgehead atoms. The maximum absolute atomic E-state index is 13.0. The van der Waals surface area contributed by atoms with Crippen molar-refractivity contribution in [1.82, 2.24) is 29.4 Å². The first-order chi connectivity index (χ1) is 14.3. The van der Waals surface area contributed by atoms with Crippen molar-refractivity contribution in [1.29, 1.82) is 0 Å². The minimum absolute atomic E-state index is 0.171. The van der Waals surface area contributed by atoms with E-state index < -0.39 is 12.7 Å². The number of nitrogens with zero attached hydrogens (tertiary/aromatic N) is 7. The van der Waals surface area contributed by atoms with Gasteiger partial charge < -0.3 is 18.6 Å². The van der Waals surface area contributed by atoms with E-state index in [1.807, 2.05) is 16.8 Å². The summed E-state index contributed by atoms with van der Waals surface area (Å²) in [4.78, 5) is 21.4. The lowest BCUT2D eigenvalue weighted by Gasteiger charge is -2.28. The van der Waals surface area contributed by atoms with Crippen LogP contribution in [-0.2, 0) is 24.4 Å². The molecule has 4 heterocycles. The first kappa shape index (κ1) is 20.5. The summed E-state index contributed by atoms with van der Waals surface area (Å²) in [6.45, 7) is 3.65. The van der Waals surface area contributed by atoms with Gasteiger partial charge in [-0.05, 0) is 7.05 Å². The predicted octanol–water partition coefficient (Wildman–Crippen LogP) is 2.15. The van der Waals surface area contributed by atoms with Gasteiger partial charge in [-0.1, -0.05) is 0 Å². The van der Waals surface area contributed by atoms with Crippen molar-refractivity contribution in [3.8, 4) is 0 Å². The van der Waals surface area contributed by atoms with Gasteiger partial charge in [-0.2, -0.15) is 13.2 Å². The van der Waals surface area contributed by atoms with Crippen LogP contribution in [0.15, 0.2) is 17.0 Å². The van der Waals surface area contributed by atoms with Crippen LogP contribution in [0, 0.1) is 6.92 Å². The predicted molar refractivity (Wildman–Crippen MR) is 101 cm³/mol. The monoisotopic (exact) mass is 425 g/mol. The zero-order chi connectivity index (χ0) is 21.3. The van der Waals surface area contributed by atoms with E-state index in [9.17, 15) is 13.2 Å². The smallest absolute Gasteiger partial charge is 0.406 e. The van der Waals surface area contributed by atoms with E-state index in [4.69, 9.17) is 9.15 Å². The van der Waals surface area contributed by atoms with Crippen molar-refractivity contribution < 1.29 is 22.3 Å². The number of imidazole rings is 1. The third-order valence-electron chi connectivity index (χ3n) is 4.66. The molecule has 0 aromatic carbocycles. The van der Waals surface area contributed by atoms with Crippen LogP contribution < -0.4 is 4.90 Å². The second-order valence-corrected chi connectivity index (χ2v) is 7.25. The largest absolute Gasteiger partial charge is 0.449 e. The van der Waals surface area contributed by atoms with E-state index in [2.05, 4.69) is 19.9 Å². The highest BCUT2D eigenvalue weighted by Crippen LogP contribution is 2.26. The zero-order valence-corrected chi connectivity index (χ0v) is 16.7. The fraction of sp³-hybridized carbons (Fsp3) is 0.556. The molecular weight excluding hydrogens is 403 g/mol. The number of oxazole rings is 1. The van der Waals surface area contributed by atoms with Crippen LogP contribution in [0.3, 0.4) is 0 Å². The lowest BCUT2D eigenvalue weighted by molar-refractivity contribution is -0.140. The standard InChI is InChI=1S/C18H22F3N7O2/c1-12-23-13(9-30-12)7-26(2)8-14-24-16(27-3-5-29-6-4-27)15-17(25-14)28(11-22-15)10-18(19,20)21/h9,11H,3-8,10H2,1-2H3. The fourth-order valence-corrected chi connectivity index (χ4v) is 3.40. The lowest BCUT2D eigenvalue weighted by Crippen LogP contribution is -2.37. The molecule has 0 unspecified atom stereocenters. The van der Waals surface area contributed by atoms with E-state index in [-0.39, 0.29) is 5.65 Å². The van der Waals surface area contributed by atoms with Gasteiger partial charge in [-0.25, -0.2) is 19.9 Å². The Labute approximate surface area is 170 Å². The van der Waals surface area contributed by atoms with E-state index in [1.165, 1.54) is 6.33 Å². The molecule has 3 aromatic heterocycles. The maximum Gasteiger partial charge on any atom is 0.406 e. The first-order valence-corrected chi connectivity index (χ1v) is 9.49. The number of ether oxygens (including phenoxy) is 1. The van der Waals surface area contributed by atoms with Crippen LogP contribution in [0.5, 0.6) is 0 Å². The summed E-state index contributed by atoms with van der Waals surface area (Å²) in [5.74, 6) is 1.52. The fourth-order valence-electron chi connectivity index (χ4n) is 3.40. The number of morpholine rings is 1. The number of hydrogen-bond donors (Lipinski definition) is 0. The van der Waals surface area contributed by atoms with Crippen molar-refractivity contribution in [2.45, 2.75) is 32.7 Å². The SMILES string of the molecule is Cc1nc(CN(C)Cc2nc(N3CCOCC3)c3ncn(CC(F)(F)F)c3n2)co1. The van der Waals surface area contributed by atoms with E-state index in [0.717, 1.165) is 10.3 Å². The van der Waals surface area contributed by atoms with Crippen LogP contribution in [0.2, 0.25) is 0 Å². The molecule has 3 aromatic rings. The van der Waals surface area contributed by atoms with Crippen LogP contribution >= 0.6 is 0 Å². The zero-order valence-electron chi connectivity index (χ0n) is 16.7. The molecule has 4 rings (SSSR count). The van der Waals surface area contributed by atoms with E-state index >= 15 is 0 Å². The normalized spacial score (nSPS) is 15.5. The summed E-state index contributed by atoms with van der Waals surface area (Å²) in [7, 11) is 1.86. The molecule has 9 nitrogen and oxygen atoms in total. The minimum Gasteiger partial charge on any atom is -0.449 e. The Morgan fingerprint density at radius 2 is 1.90 bits per heavy atom. The van der Waals surface area contributed by atoms with Crippen molar-refractivity contribution in [3.05, 3.63) is 30.0 Å². The summed E-state index contributed by atoms with van der Waals surface area (Å²) in [5.41, 5.74) is 1.29. The molecule has 0 aliphatic carbocycles. The Balaban J connectivity index is 1.66. The maximum atomic E-state index is 13.0. The highest BCUT2D eigenvalue weighted by atomic mass is 19.4. The Morgan fingerprint density at radius 1 is 1.13 bits per heavy atom. The minimum atomic E-state index is -4.38. The summed E-state index contributed by atoms with van der Waals surface area (Å²) in [6.07, 6.45) is -1.63. The van der Waals surface area contributed by atoms with E-state index in [0.29, 0.717) is 62.4 Å². The molecule has 0 radical (unpaired) electrons. The average molecular weight is 425 g/mol. The number of aromatic nitrogens is 5. The molecule has 12 heteroatoms. The second-order valence-electron chi connectivity index (χ2n) is 7.25. The molecule has 0 amide bonds. The van der Waals surface area contributed by atoms with Crippen molar-refractivity contribution in [2.24, 2.45) is 0 Å². The van der Waals surface area contributed by atoms with Gasteiger partial charge in [0.05, 0.1) is 31.8 Å².